The van der Waals surface area contributed by atoms with Crippen molar-refractivity contribution >= 4 is 31.5 Å². The van der Waals surface area contributed by atoms with E-state index in [1.165, 1.54) is 188 Å². The lowest BCUT2D eigenvalue weighted by molar-refractivity contribution is 0.688. The number of aliphatic imine (C=N–C) groups is 2. The minimum atomic E-state index is -0.972. The summed E-state index contributed by atoms with van der Waals surface area (Å²) in [5, 5.41) is 0. The van der Waals surface area contributed by atoms with Crippen molar-refractivity contribution in [1.29, 1.82) is 0 Å². The van der Waals surface area contributed by atoms with Crippen LogP contribution >= 0.6 is 20.1 Å². The standard InChI is InChI=1S/C56H101N3S2/c1-13-21-27-33-42-60(41-32-26-18-6,43-34-28-22-14-2)47-55(57-51(11)49(9)19-7)53-39-38-40-54(59-53)56(58-52(12)50(10)20-8)48-61(44-35-29-23-15-3,45-36-30-24-16-4)46-37-31-25-17-5/h19-20,38-40H,8,11,13-18,21-37,41-48H2,1-7,9-10,12H3/b49-19-,52-50+,57-55?,58-56?. The molecule has 0 aliphatic rings. The lowest BCUT2D eigenvalue weighted by atomic mass is 10.2. The summed E-state index contributed by atoms with van der Waals surface area (Å²) in [7, 11) is -1.94. The van der Waals surface area contributed by atoms with E-state index in [2.05, 4.69) is 107 Å². The minimum Gasteiger partial charge on any atom is -0.255 e. The Kier molecular flexibility index (Phi) is 33.3. The molecule has 0 radical (unpaired) electrons. The van der Waals surface area contributed by atoms with Crippen molar-refractivity contribution in [2.24, 2.45) is 9.98 Å². The second-order valence-corrected chi connectivity index (χ2v) is 26.3. The molecule has 0 aromatic carbocycles. The summed E-state index contributed by atoms with van der Waals surface area (Å²) in [6.07, 6.45) is 34.6. The van der Waals surface area contributed by atoms with Gasteiger partial charge in [0.2, 0.25) is 0 Å². The van der Waals surface area contributed by atoms with Crippen molar-refractivity contribution in [3.05, 3.63) is 77.4 Å². The van der Waals surface area contributed by atoms with Gasteiger partial charge in [0.05, 0.1) is 28.5 Å². The van der Waals surface area contributed by atoms with Crippen LogP contribution in [0, 0.1) is 0 Å². The number of hydrogen-bond donors (Lipinski definition) is 0. The van der Waals surface area contributed by atoms with Gasteiger partial charge in [-0.3, -0.25) is 9.98 Å². The van der Waals surface area contributed by atoms with Crippen molar-refractivity contribution < 1.29 is 0 Å². The van der Waals surface area contributed by atoms with Gasteiger partial charge in [-0.2, -0.15) is 0 Å². The molecule has 1 aromatic rings. The first kappa shape index (κ1) is 57.2. The molecule has 1 rings (SSSR count). The van der Waals surface area contributed by atoms with Crippen molar-refractivity contribution in [3.63, 3.8) is 0 Å². The number of unbranched alkanes of at least 4 members (excludes halogenated alkanes) is 17. The third kappa shape index (κ3) is 24.1. The second-order valence-electron chi connectivity index (χ2n) is 18.4. The fourth-order valence-electron chi connectivity index (χ4n) is 8.40. The number of nitrogens with zero attached hydrogens (tertiary/aromatic N) is 3. The predicted octanol–water partition coefficient (Wildman–Crippen LogP) is 18.3. The van der Waals surface area contributed by atoms with Crippen molar-refractivity contribution in [3.8, 4) is 0 Å². The van der Waals surface area contributed by atoms with Crippen LogP contribution in [0.15, 0.2) is 76.0 Å². The molecule has 352 valence electrons. The van der Waals surface area contributed by atoms with E-state index in [4.69, 9.17) is 15.0 Å². The highest BCUT2D eigenvalue weighted by atomic mass is 32.3. The summed E-state index contributed by atoms with van der Waals surface area (Å²) in [4.78, 5) is 16.8. The van der Waals surface area contributed by atoms with Crippen LogP contribution in [0.2, 0.25) is 0 Å². The molecule has 0 spiro atoms. The van der Waals surface area contributed by atoms with Crippen LogP contribution in [-0.2, 0) is 0 Å². The molecular weight excluding hydrogens is 779 g/mol. The van der Waals surface area contributed by atoms with Gasteiger partial charge < -0.3 is 0 Å². The largest absolute Gasteiger partial charge is 0.255 e. The molecule has 3 nitrogen and oxygen atoms in total. The highest BCUT2D eigenvalue weighted by Gasteiger charge is 2.29. The normalized spacial score (nSPS) is 14.0. The molecule has 5 heteroatoms. The lowest BCUT2D eigenvalue weighted by Crippen LogP contribution is -2.27. The Balaban J connectivity index is 4.14. The SMILES string of the molecule is C=C/C(C)=C(\C)N=C(CS(CCCCCC)(CCCCCC)CCCCCC)c1cccc(C(CS(CCCCC)(CCCCCC)CCCCCC)=NC(=C)/C(C)=C\C)n1. The van der Waals surface area contributed by atoms with Gasteiger partial charge in [-0.25, -0.2) is 25.0 Å². The van der Waals surface area contributed by atoms with E-state index in [9.17, 15) is 0 Å². The lowest BCUT2D eigenvalue weighted by Gasteiger charge is -2.42. The van der Waals surface area contributed by atoms with Crippen LogP contribution in [0.5, 0.6) is 0 Å². The topological polar surface area (TPSA) is 37.6 Å². The van der Waals surface area contributed by atoms with Crippen LogP contribution in [0.1, 0.15) is 228 Å². The zero-order valence-corrected chi connectivity index (χ0v) is 44.0. The number of aromatic nitrogens is 1. The summed E-state index contributed by atoms with van der Waals surface area (Å²) in [6, 6.07) is 6.81. The maximum Gasteiger partial charge on any atom is 0.0860 e. The van der Waals surface area contributed by atoms with E-state index in [0.29, 0.717) is 0 Å². The summed E-state index contributed by atoms with van der Waals surface area (Å²) in [5.41, 5.74) is 8.70. The van der Waals surface area contributed by atoms with Crippen molar-refractivity contribution in [2.75, 3.05) is 46.0 Å². The predicted molar refractivity (Wildman–Crippen MR) is 289 cm³/mol. The zero-order valence-electron chi connectivity index (χ0n) is 42.4. The van der Waals surface area contributed by atoms with Crippen LogP contribution in [0.3, 0.4) is 0 Å². The van der Waals surface area contributed by atoms with Crippen molar-refractivity contribution in [1.82, 2.24) is 4.98 Å². The van der Waals surface area contributed by atoms with Gasteiger partial charge in [-0.1, -0.05) is 182 Å². The average Bonchev–Trinajstić information content (AvgIpc) is 3.27. The number of allylic oxidation sites excluding steroid dienone is 5. The average molecular weight is 881 g/mol. The summed E-state index contributed by atoms with van der Waals surface area (Å²) < 4.78 is 0. The van der Waals surface area contributed by atoms with Crippen LogP contribution < -0.4 is 0 Å². The van der Waals surface area contributed by atoms with Gasteiger partial charge in [-0.15, -0.1) is 0 Å². The zero-order chi connectivity index (χ0) is 45.2. The molecular formula is C56H101N3S2. The van der Waals surface area contributed by atoms with Gasteiger partial charge in [0, 0.05) is 17.2 Å². The van der Waals surface area contributed by atoms with Crippen LogP contribution in [-0.4, -0.2) is 62.4 Å². The second kappa shape index (κ2) is 35.5. The smallest absolute Gasteiger partial charge is 0.0860 e. The molecule has 0 saturated heterocycles. The summed E-state index contributed by atoms with van der Waals surface area (Å²) >= 11 is 0. The monoisotopic (exact) mass is 880 g/mol. The highest BCUT2D eigenvalue weighted by molar-refractivity contribution is 8.34. The van der Waals surface area contributed by atoms with Gasteiger partial charge >= 0.3 is 0 Å². The molecule has 1 aromatic heterocycles. The van der Waals surface area contributed by atoms with Gasteiger partial charge in [0.25, 0.3) is 0 Å². The Bertz CT molecular complexity index is 1410. The van der Waals surface area contributed by atoms with E-state index >= 15 is 0 Å². The van der Waals surface area contributed by atoms with E-state index in [0.717, 1.165) is 51.1 Å². The first-order valence-electron chi connectivity index (χ1n) is 25.8. The van der Waals surface area contributed by atoms with Gasteiger partial charge in [-0.05, 0) is 124 Å². The summed E-state index contributed by atoms with van der Waals surface area (Å²) in [5.74, 6) is 10.3. The van der Waals surface area contributed by atoms with Gasteiger partial charge in [0.15, 0.2) is 0 Å². The third-order valence-corrected chi connectivity index (χ3v) is 21.6. The highest BCUT2D eigenvalue weighted by Crippen LogP contribution is 2.53. The molecule has 0 aliphatic carbocycles. The Morgan fingerprint density at radius 2 is 0.852 bits per heavy atom. The number of pyridine rings is 1. The van der Waals surface area contributed by atoms with E-state index < -0.39 is 20.1 Å². The van der Waals surface area contributed by atoms with E-state index in [-0.39, 0.29) is 0 Å². The fourth-order valence-corrected chi connectivity index (χ4v) is 17.0. The quantitative estimate of drug-likeness (QED) is 0.0369. The van der Waals surface area contributed by atoms with Gasteiger partial charge in [0.1, 0.15) is 0 Å². The molecule has 0 bridgehead atoms. The third-order valence-electron chi connectivity index (χ3n) is 12.9. The number of rotatable bonds is 39. The Labute approximate surface area is 384 Å². The maximum absolute atomic E-state index is 5.72. The molecule has 0 saturated carbocycles. The Morgan fingerprint density at radius 3 is 1.18 bits per heavy atom. The molecule has 0 aliphatic heterocycles. The molecule has 0 fully saturated rings. The van der Waals surface area contributed by atoms with E-state index in [1.54, 1.807) is 0 Å². The van der Waals surface area contributed by atoms with Crippen molar-refractivity contribution in [2.45, 2.75) is 217 Å². The number of hydrogen-bond acceptors (Lipinski definition) is 3. The molecule has 61 heavy (non-hydrogen) atoms. The molecule has 0 amide bonds. The molecule has 0 unspecified atom stereocenters. The first-order chi connectivity index (χ1) is 29.5. The molecule has 0 N–H and O–H groups in total. The molecule has 1 heterocycles. The van der Waals surface area contributed by atoms with Crippen LogP contribution in [0.4, 0.5) is 0 Å². The van der Waals surface area contributed by atoms with E-state index in [1.807, 2.05) is 6.08 Å². The Hall–Kier alpha value is -1.85. The first-order valence-corrected chi connectivity index (χ1v) is 30.4. The Morgan fingerprint density at radius 1 is 0.525 bits per heavy atom. The maximum atomic E-state index is 5.72. The minimum absolute atomic E-state index is 0.882. The molecule has 0 atom stereocenters. The summed E-state index contributed by atoms with van der Waals surface area (Å²) in [6.45, 7) is 31.4. The van der Waals surface area contributed by atoms with Crippen LogP contribution in [0.25, 0.3) is 0 Å². The fraction of sp³-hybridized carbons (Fsp3) is 0.732.